The van der Waals surface area contributed by atoms with Crippen LogP contribution in [0.25, 0.3) is 0 Å². The van der Waals surface area contributed by atoms with Crippen molar-refractivity contribution in [2.75, 3.05) is 6.54 Å². The summed E-state index contributed by atoms with van der Waals surface area (Å²) >= 11 is 3.58. The van der Waals surface area contributed by atoms with Crippen LogP contribution in [0.5, 0.6) is 0 Å². The number of hydrogen-bond donors (Lipinski definition) is 1. The monoisotopic (exact) mass is 307 g/mol. The van der Waals surface area contributed by atoms with Gasteiger partial charge in [-0.25, -0.2) is 0 Å². The van der Waals surface area contributed by atoms with E-state index in [2.05, 4.69) is 57.7 Å². The zero-order chi connectivity index (χ0) is 13.0. The van der Waals surface area contributed by atoms with Gasteiger partial charge in [-0.05, 0) is 37.1 Å². The second-order valence-electron chi connectivity index (χ2n) is 4.47. The fourth-order valence-electron chi connectivity index (χ4n) is 1.97. The highest BCUT2D eigenvalue weighted by atomic mass is 79.9. The van der Waals surface area contributed by atoms with Gasteiger partial charge in [0.2, 0.25) is 0 Å². The highest BCUT2D eigenvalue weighted by Crippen LogP contribution is 2.22. The van der Waals surface area contributed by atoms with Crippen molar-refractivity contribution in [1.82, 2.24) is 15.1 Å². The standard InChI is InChI=1S/C14H18BrN3/c1-11(13-5-3-4-6-14(13)15)16-8-7-12-9-17-18(2)10-12/h3-6,9-11,16H,7-8H2,1-2H3/t11-/m0/s1. The van der Waals surface area contributed by atoms with Gasteiger partial charge in [0.05, 0.1) is 6.20 Å². The lowest BCUT2D eigenvalue weighted by atomic mass is 10.1. The van der Waals surface area contributed by atoms with E-state index in [1.54, 1.807) is 0 Å². The fourth-order valence-corrected chi connectivity index (χ4v) is 2.60. The number of hydrogen-bond acceptors (Lipinski definition) is 2. The van der Waals surface area contributed by atoms with Gasteiger partial charge in [0.15, 0.2) is 0 Å². The smallest absolute Gasteiger partial charge is 0.0522 e. The third kappa shape index (κ3) is 3.43. The van der Waals surface area contributed by atoms with Crippen LogP contribution in [0, 0.1) is 0 Å². The highest BCUT2D eigenvalue weighted by molar-refractivity contribution is 9.10. The topological polar surface area (TPSA) is 29.9 Å². The molecule has 1 heterocycles. The Labute approximate surface area is 116 Å². The Balaban J connectivity index is 1.85. The Morgan fingerprint density at radius 1 is 1.39 bits per heavy atom. The number of nitrogens with one attached hydrogen (secondary N) is 1. The van der Waals surface area contributed by atoms with Gasteiger partial charge in [-0.15, -0.1) is 0 Å². The summed E-state index contributed by atoms with van der Waals surface area (Å²) in [6.45, 7) is 3.14. The summed E-state index contributed by atoms with van der Waals surface area (Å²) < 4.78 is 3.00. The van der Waals surface area contributed by atoms with E-state index in [0.29, 0.717) is 6.04 Å². The van der Waals surface area contributed by atoms with Crippen LogP contribution in [-0.4, -0.2) is 16.3 Å². The molecular weight excluding hydrogens is 290 g/mol. The molecule has 0 aliphatic heterocycles. The second-order valence-corrected chi connectivity index (χ2v) is 5.32. The molecule has 2 rings (SSSR count). The Morgan fingerprint density at radius 3 is 2.83 bits per heavy atom. The number of rotatable bonds is 5. The minimum Gasteiger partial charge on any atom is -0.310 e. The third-order valence-electron chi connectivity index (χ3n) is 2.99. The van der Waals surface area contributed by atoms with E-state index < -0.39 is 0 Å². The zero-order valence-electron chi connectivity index (χ0n) is 10.7. The first-order chi connectivity index (χ1) is 8.66. The molecule has 1 aromatic carbocycles. The van der Waals surface area contributed by atoms with E-state index in [9.17, 15) is 0 Å². The van der Waals surface area contributed by atoms with Crippen LogP contribution >= 0.6 is 15.9 Å². The van der Waals surface area contributed by atoms with Gasteiger partial charge in [-0.1, -0.05) is 34.1 Å². The first kappa shape index (κ1) is 13.3. The molecule has 0 unspecified atom stereocenters. The molecule has 1 N–H and O–H groups in total. The molecule has 0 aliphatic rings. The van der Waals surface area contributed by atoms with Crippen LogP contribution in [0.15, 0.2) is 41.1 Å². The van der Waals surface area contributed by atoms with E-state index in [0.717, 1.165) is 17.4 Å². The van der Waals surface area contributed by atoms with Crippen molar-refractivity contribution >= 4 is 15.9 Å². The first-order valence-corrected chi connectivity index (χ1v) is 6.91. The van der Waals surface area contributed by atoms with Gasteiger partial charge in [-0.3, -0.25) is 4.68 Å². The average molecular weight is 308 g/mol. The average Bonchev–Trinajstić information content (AvgIpc) is 2.75. The molecule has 2 aromatic rings. The van der Waals surface area contributed by atoms with E-state index in [-0.39, 0.29) is 0 Å². The number of aromatic nitrogens is 2. The van der Waals surface area contributed by atoms with Gasteiger partial charge in [0.1, 0.15) is 0 Å². The van der Waals surface area contributed by atoms with Crippen molar-refractivity contribution in [2.24, 2.45) is 7.05 Å². The molecule has 0 amide bonds. The number of benzene rings is 1. The van der Waals surface area contributed by atoms with Gasteiger partial charge in [0, 0.05) is 23.8 Å². The second kappa shape index (κ2) is 6.16. The summed E-state index contributed by atoms with van der Waals surface area (Å²) in [6.07, 6.45) is 4.98. The first-order valence-electron chi connectivity index (χ1n) is 6.12. The van der Waals surface area contributed by atoms with E-state index in [1.807, 2.05) is 24.0 Å². The largest absolute Gasteiger partial charge is 0.310 e. The van der Waals surface area contributed by atoms with Crippen LogP contribution in [0.2, 0.25) is 0 Å². The van der Waals surface area contributed by atoms with Crippen molar-refractivity contribution < 1.29 is 0 Å². The molecule has 1 aromatic heterocycles. The van der Waals surface area contributed by atoms with Crippen molar-refractivity contribution in [1.29, 1.82) is 0 Å². The molecule has 0 spiro atoms. The van der Waals surface area contributed by atoms with Crippen molar-refractivity contribution in [3.63, 3.8) is 0 Å². The maximum atomic E-state index is 4.17. The van der Waals surface area contributed by atoms with Gasteiger partial charge in [-0.2, -0.15) is 5.10 Å². The summed E-state index contributed by atoms with van der Waals surface area (Å²) in [7, 11) is 1.95. The maximum Gasteiger partial charge on any atom is 0.0522 e. The zero-order valence-corrected chi connectivity index (χ0v) is 12.3. The molecule has 96 valence electrons. The number of halogens is 1. The predicted molar refractivity (Wildman–Crippen MR) is 77.5 cm³/mol. The molecule has 18 heavy (non-hydrogen) atoms. The molecule has 0 saturated carbocycles. The van der Waals surface area contributed by atoms with Gasteiger partial charge in [0.25, 0.3) is 0 Å². The van der Waals surface area contributed by atoms with Crippen LogP contribution in [0.1, 0.15) is 24.1 Å². The Bertz CT molecular complexity index is 507. The molecule has 4 heteroatoms. The van der Waals surface area contributed by atoms with E-state index in [1.165, 1.54) is 11.1 Å². The lowest BCUT2D eigenvalue weighted by Gasteiger charge is -2.15. The van der Waals surface area contributed by atoms with E-state index >= 15 is 0 Å². The van der Waals surface area contributed by atoms with Gasteiger partial charge < -0.3 is 5.32 Å². The number of aryl methyl sites for hydroxylation is 1. The van der Waals surface area contributed by atoms with Crippen LogP contribution in [0.4, 0.5) is 0 Å². The normalized spacial score (nSPS) is 12.6. The molecule has 0 saturated heterocycles. The minimum atomic E-state index is 0.345. The van der Waals surface area contributed by atoms with Crippen molar-refractivity contribution in [3.05, 3.63) is 52.3 Å². The molecular formula is C14H18BrN3. The predicted octanol–water partition coefficient (Wildman–Crippen LogP) is 3.08. The minimum absolute atomic E-state index is 0.345. The summed E-state index contributed by atoms with van der Waals surface area (Å²) in [5, 5.41) is 7.70. The molecule has 1 atom stereocenters. The highest BCUT2D eigenvalue weighted by Gasteiger charge is 2.07. The van der Waals surface area contributed by atoms with Crippen LogP contribution < -0.4 is 5.32 Å². The Hall–Kier alpha value is -1.13. The van der Waals surface area contributed by atoms with Crippen LogP contribution in [-0.2, 0) is 13.5 Å². The van der Waals surface area contributed by atoms with Crippen molar-refractivity contribution in [3.8, 4) is 0 Å². The summed E-state index contributed by atoms with van der Waals surface area (Å²) in [5.41, 5.74) is 2.56. The molecule has 0 fully saturated rings. The van der Waals surface area contributed by atoms with E-state index in [4.69, 9.17) is 0 Å². The number of nitrogens with zero attached hydrogens (tertiary/aromatic N) is 2. The third-order valence-corrected chi connectivity index (χ3v) is 3.72. The Morgan fingerprint density at radius 2 is 2.17 bits per heavy atom. The summed E-state index contributed by atoms with van der Waals surface area (Å²) in [6, 6.07) is 8.67. The lowest BCUT2D eigenvalue weighted by molar-refractivity contribution is 0.575. The Kier molecular flexibility index (Phi) is 4.55. The molecule has 0 radical (unpaired) electrons. The lowest BCUT2D eigenvalue weighted by Crippen LogP contribution is -2.21. The maximum absolute atomic E-state index is 4.17. The van der Waals surface area contributed by atoms with Crippen LogP contribution in [0.3, 0.4) is 0 Å². The quantitative estimate of drug-likeness (QED) is 0.920. The SMILES string of the molecule is C[C@H](NCCc1cnn(C)c1)c1ccccc1Br. The van der Waals surface area contributed by atoms with Gasteiger partial charge >= 0.3 is 0 Å². The molecule has 3 nitrogen and oxygen atoms in total. The fraction of sp³-hybridized carbons (Fsp3) is 0.357. The molecule has 0 aliphatic carbocycles. The molecule has 0 bridgehead atoms. The summed E-state index contributed by atoms with van der Waals surface area (Å²) in [4.78, 5) is 0. The van der Waals surface area contributed by atoms with Crippen molar-refractivity contribution in [2.45, 2.75) is 19.4 Å². The summed E-state index contributed by atoms with van der Waals surface area (Å²) in [5.74, 6) is 0.